The summed E-state index contributed by atoms with van der Waals surface area (Å²) in [6.07, 6.45) is 0. The Morgan fingerprint density at radius 1 is 1.33 bits per heavy atom. The second kappa shape index (κ2) is 6.02. The van der Waals surface area contributed by atoms with Crippen molar-refractivity contribution in [1.82, 2.24) is 5.32 Å². The Labute approximate surface area is 108 Å². The minimum Gasteiger partial charge on any atom is -0.351 e. The zero-order valence-electron chi connectivity index (χ0n) is 9.62. The zero-order valence-corrected chi connectivity index (χ0v) is 10.4. The number of amides is 4. The summed E-state index contributed by atoms with van der Waals surface area (Å²) in [4.78, 5) is 33.4. The fourth-order valence-corrected chi connectivity index (χ4v) is 1.45. The molecular formula is C11H12ClN3O3. The third-order valence-electron chi connectivity index (χ3n) is 2.21. The summed E-state index contributed by atoms with van der Waals surface area (Å²) in [7, 11) is 0. The van der Waals surface area contributed by atoms with Crippen LogP contribution in [0.25, 0.3) is 0 Å². The first kappa shape index (κ1) is 14.0. The highest BCUT2D eigenvalue weighted by Crippen LogP contribution is 2.18. The molecule has 0 heterocycles. The molecule has 0 spiro atoms. The van der Waals surface area contributed by atoms with E-state index < -0.39 is 11.9 Å². The number of hydrogen-bond acceptors (Lipinski definition) is 3. The van der Waals surface area contributed by atoms with Crippen molar-refractivity contribution >= 4 is 35.1 Å². The minimum absolute atomic E-state index is 0.183. The van der Waals surface area contributed by atoms with Crippen molar-refractivity contribution in [2.24, 2.45) is 5.73 Å². The van der Waals surface area contributed by atoms with E-state index in [2.05, 4.69) is 5.32 Å². The number of carbonyl (C=O) groups excluding carboxylic acids is 3. The van der Waals surface area contributed by atoms with Crippen LogP contribution in [-0.2, 0) is 4.79 Å². The van der Waals surface area contributed by atoms with Gasteiger partial charge in [-0.15, -0.1) is 11.6 Å². The number of halogens is 1. The van der Waals surface area contributed by atoms with Crippen LogP contribution < -0.4 is 16.4 Å². The second-order valence-corrected chi connectivity index (χ2v) is 3.75. The molecular weight excluding hydrogens is 258 g/mol. The molecule has 0 fully saturated rings. The molecule has 6 nitrogen and oxygen atoms in total. The number of primary amides is 1. The smallest absolute Gasteiger partial charge is 0.319 e. The van der Waals surface area contributed by atoms with Crippen LogP contribution >= 0.6 is 11.6 Å². The van der Waals surface area contributed by atoms with E-state index in [9.17, 15) is 14.4 Å². The van der Waals surface area contributed by atoms with Crippen molar-refractivity contribution in [2.75, 3.05) is 11.2 Å². The van der Waals surface area contributed by atoms with Gasteiger partial charge in [-0.1, -0.05) is 6.07 Å². The third kappa shape index (κ3) is 3.46. The lowest BCUT2D eigenvalue weighted by atomic mass is 10.1. The molecule has 0 radical (unpaired) electrons. The predicted molar refractivity (Wildman–Crippen MR) is 67.6 cm³/mol. The van der Waals surface area contributed by atoms with Crippen LogP contribution in [0.15, 0.2) is 18.2 Å². The van der Waals surface area contributed by atoms with Crippen molar-refractivity contribution in [3.05, 3.63) is 29.3 Å². The van der Waals surface area contributed by atoms with Gasteiger partial charge in [-0.25, -0.2) is 4.79 Å². The molecule has 0 bridgehead atoms. The summed E-state index contributed by atoms with van der Waals surface area (Å²) < 4.78 is 0. The molecule has 1 aromatic carbocycles. The molecule has 0 aliphatic rings. The molecule has 0 atom stereocenters. The number of benzene rings is 1. The fourth-order valence-electron chi connectivity index (χ4n) is 1.38. The van der Waals surface area contributed by atoms with Gasteiger partial charge in [0.05, 0.1) is 0 Å². The Balaban J connectivity index is 3.01. The maximum Gasteiger partial charge on any atom is 0.319 e. The van der Waals surface area contributed by atoms with E-state index in [4.69, 9.17) is 17.3 Å². The first-order valence-corrected chi connectivity index (χ1v) is 5.55. The normalized spacial score (nSPS) is 9.67. The Morgan fingerprint density at radius 2 is 2.00 bits per heavy atom. The van der Waals surface area contributed by atoms with Crippen LogP contribution in [0.3, 0.4) is 0 Å². The van der Waals surface area contributed by atoms with Crippen LogP contribution in [0.4, 0.5) is 10.5 Å². The molecule has 0 unspecified atom stereocenters. The molecule has 1 rings (SSSR count). The van der Waals surface area contributed by atoms with Gasteiger partial charge in [0.15, 0.2) is 0 Å². The molecule has 0 aliphatic carbocycles. The second-order valence-electron chi connectivity index (χ2n) is 3.48. The summed E-state index contributed by atoms with van der Waals surface area (Å²) in [5.41, 5.74) is 6.09. The molecule has 0 saturated heterocycles. The van der Waals surface area contributed by atoms with E-state index in [1.165, 1.54) is 6.07 Å². The highest BCUT2D eigenvalue weighted by molar-refractivity contribution is 6.29. The maximum absolute atomic E-state index is 11.6. The van der Waals surface area contributed by atoms with E-state index in [0.717, 1.165) is 0 Å². The molecule has 4 N–H and O–H groups in total. The third-order valence-corrected chi connectivity index (χ3v) is 2.45. The minimum atomic E-state index is -0.936. The van der Waals surface area contributed by atoms with Crippen LogP contribution in [-0.4, -0.2) is 23.7 Å². The molecule has 4 amide bonds. The van der Waals surface area contributed by atoms with Crippen molar-refractivity contribution in [2.45, 2.75) is 6.92 Å². The number of hydrogen-bond donors (Lipinski definition) is 3. The number of nitrogens with one attached hydrogen (secondary N) is 2. The lowest BCUT2D eigenvalue weighted by molar-refractivity contribution is -0.113. The number of nitrogens with two attached hydrogens (primary N) is 1. The average Bonchev–Trinajstić information content (AvgIpc) is 2.30. The summed E-state index contributed by atoms with van der Waals surface area (Å²) in [5.74, 6) is -1.19. The number of rotatable bonds is 3. The largest absolute Gasteiger partial charge is 0.351 e. The van der Waals surface area contributed by atoms with Gasteiger partial charge in [0.25, 0.3) is 5.91 Å². The van der Waals surface area contributed by atoms with Crippen molar-refractivity contribution in [3.63, 3.8) is 0 Å². The van der Waals surface area contributed by atoms with E-state index >= 15 is 0 Å². The van der Waals surface area contributed by atoms with Crippen molar-refractivity contribution < 1.29 is 14.4 Å². The summed E-state index contributed by atoms with van der Waals surface area (Å²) in [5, 5.41) is 4.50. The standard InChI is InChI=1S/C11H12ClN3O3/c1-6-7(10(17)15-11(13)18)3-2-4-8(6)14-9(16)5-12/h2-4H,5H2,1H3,(H,14,16)(H3,13,15,17,18). The van der Waals surface area contributed by atoms with Crippen LogP contribution in [0.1, 0.15) is 15.9 Å². The molecule has 0 saturated carbocycles. The van der Waals surface area contributed by atoms with Crippen molar-refractivity contribution in [3.8, 4) is 0 Å². The van der Waals surface area contributed by atoms with Gasteiger partial charge in [0.2, 0.25) is 5.91 Å². The van der Waals surface area contributed by atoms with Gasteiger partial charge in [-0.05, 0) is 24.6 Å². The number of urea groups is 1. The van der Waals surface area contributed by atoms with E-state index in [-0.39, 0.29) is 17.4 Å². The van der Waals surface area contributed by atoms with Crippen LogP contribution in [0.5, 0.6) is 0 Å². The number of imide groups is 1. The fraction of sp³-hybridized carbons (Fsp3) is 0.182. The molecule has 0 aromatic heterocycles. The van der Waals surface area contributed by atoms with Gasteiger partial charge in [0, 0.05) is 11.3 Å². The van der Waals surface area contributed by atoms with Gasteiger partial charge >= 0.3 is 6.03 Å². The predicted octanol–water partition coefficient (Wildman–Crippen LogP) is 0.981. The lowest BCUT2D eigenvalue weighted by Crippen LogP contribution is -2.35. The van der Waals surface area contributed by atoms with Gasteiger partial charge in [0.1, 0.15) is 5.88 Å². The number of carbonyl (C=O) groups is 3. The van der Waals surface area contributed by atoms with Gasteiger partial charge < -0.3 is 11.1 Å². The summed E-state index contributed by atoms with van der Waals surface area (Å²) in [6.45, 7) is 1.64. The lowest BCUT2D eigenvalue weighted by Gasteiger charge is -2.11. The van der Waals surface area contributed by atoms with E-state index in [1.807, 2.05) is 5.32 Å². The topological polar surface area (TPSA) is 101 Å². The molecule has 0 aliphatic heterocycles. The average molecular weight is 270 g/mol. The maximum atomic E-state index is 11.6. The van der Waals surface area contributed by atoms with Crippen LogP contribution in [0.2, 0.25) is 0 Å². The first-order chi connectivity index (χ1) is 8.45. The number of anilines is 1. The SMILES string of the molecule is Cc1c(NC(=O)CCl)cccc1C(=O)NC(N)=O. The first-order valence-electron chi connectivity index (χ1n) is 5.02. The molecule has 1 aromatic rings. The Morgan fingerprint density at radius 3 is 2.56 bits per heavy atom. The van der Waals surface area contributed by atoms with Gasteiger partial charge in [-0.3, -0.25) is 14.9 Å². The zero-order chi connectivity index (χ0) is 13.7. The molecule has 18 heavy (non-hydrogen) atoms. The Hall–Kier alpha value is -2.08. The van der Waals surface area contributed by atoms with E-state index in [1.54, 1.807) is 19.1 Å². The highest BCUT2D eigenvalue weighted by atomic mass is 35.5. The highest BCUT2D eigenvalue weighted by Gasteiger charge is 2.13. The Bertz CT molecular complexity index is 502. The van der Waals surface area contributed by atoms with Crippen molar-refractivity contribution in [1.29, 1.82) is 0 Å². The van der Waals surface area contributed by atoms with Crippen LogP contribution in [0, 0.1) is 6.92 Å². The van der Waals surface area contributed by atoms with E-state index in [0.29, 0.717) is 11.3 Å². The summed E-state index contributed by atoms with van der Waals surface area (Å²) in [6, 6.07) is 3.78. The number of alkyl halides is 1. The Kier molecular flexibility index (Phi) is 4.67. The monoisotopic (exact) mass is 269 g/mol. The molecule has 96 valence electrons. The quantitative estimate of drug-likeness (QED) is 0.713. The molecule has 7 heteroatoms. The van der Waals surface area contributed by atoms with Gasteiger partial charge in [-0.2, -0.15) is 0 Å². The summed E-state index contributed by atoms with van der Waals surface area (Å²) >= 11 is 5.37.